The summed E-state index contributed by atoms with van der Waals surface area (Å²) in [6.45, 7) is 0.800. The van der Waals surface area contributed by atoms with Gasteiger partial charge in [0.15, 0.2) is 5.16 Å². The van der Waals surface area contributed by atoms with Crippen molar-refractivity contribution in [3.63, 3.8) is 0 Å². The lowest BCUT2D eigenvalue weighted by Crippen LogP contribution is -2.33. The summed E-state index contributed by atoms with van der Waals surface area (Å²) in [4.78, 5) is 26.5. The van der Waals surface area contributed by atoms with Crippen LogP contribution in [0.5, 0.6) is 0 Å². The van der Waals surface area contributed by atoms with E-state index in [-0.39, 0.29) is 23.8 Å². The minimum atomic E-state index is -0.291. The van der Waals surface area contributed by atoms with E-state index in [2.05, 4.69) is 16.3 Å². The van der Waals surface area contributed by atoms with E-state index in [0.29, 0.717) is 24.7 Å². The van der Waals surface area contributed by atoms with Crippen molar-refractivity contribution >= 4 is 23.4 Å². The van der Waals surface area contributed by atoms with Crippen LogP contribution in [0.1, 0.15) is 12.0 Å². The molecule has 0 radical (unpaired) electrons. The number of nitriles is 1. The lowest BCUT2D eigenvalue weighted by molar-refractivity contribution is -0.116. The quantitative estimate of drug-likeness (QED) is 0.551. The Morgan fingerprint density at radius 1 is 1.14 bits per heavy atom. The first-order chi connectivity index (χ1) is 14.2. The van der Waals surface area contributed by atoms with Crippen molar-refractivity contribution in [1.29, 1.82) is 5.26 Å². The first-order valence-corrected chi connectivity index (χ1v) is 10.2. The third-order valence-corrected chi connectivity index (χ3v) is 5.29. The number of hydrogen-bond acceptors (Lipinski definition) is 5. The molecule has 0 aliphatic carbocycles. The molecule has 0 bridgehead atoms. The number of hydrogen-bond donors (Lipinski definition) is 1. The Bertz CT molecular complexity index is 1020. The van der Waals surface area contributed by atoms with Gasteiger partial charge < -0.3 is 4.90 Å². The highest BCUT2D eigenvalue weighted by molar-refractivity contribution is 7.99. The average Bonchev–Trinajstić information content (AvgIpc) is 3.12. The Labute approximate surface area is 173 Å². The highest BCUT2D eigenvalue weighted by atomic mass is 32.2. The highest BCUT2D eigenvalue weighted by Crippen LogP contribution is 2.19. The number of H-pyrrole nitrogens is 1. The van der Waals surface area contributed by atoms with E-state index < -0.39 is 0 Å². The molecule has 0 fully saturated rings. The van der Waals surface area contributed by atoms with Crippen LogP contribution in [0.4, 0.5) is 5.69 Å². The Morgan fingerprint density at radius 3 is 2.52 bits per heavy atom. The summed E-state index contributed by atoms with van der Waals surface area (Å²) in [5, 5.41) is 15.9. The van der Waals surface area contributed by atoms with Crippen LogP contribution in [0.2, 0.25) is 0 Å². The lowest BCUT2D eigenvalue weighted by atomic mass is 10.1. The zero-order valence-electron chi connectivity index (χ0n) is 15.8. The Morgan fingerprint density at radius 2 is 1.83 bits per heavy atom. The van der Waals surface area contributed by atoms with Crippen LogP contribution >= 0.6 is 11.8 Å². The summed E-state index contributed by atoms with van der Waals surface area (Å²) < 4.78 is 1.55. The molecule has 1 amide bonds. The van der Waals surface area contributed by atoms with Gasteiger partial charge in [0, 0.05) is 18.8 Å². The summed E-state index contributed by atoms with van der Waals surface area (Å²) in [7, 11) is 0. The number of carbonyl (C=O) groups excluding carboxylic acids is 1. The topological polar surface area (TPSA) is 94.8 Å². The molecule has 0 unspecified atom stereocenters. The van der Waals surface area contributed by atoms with Gasteiger partial charge in [0.2, 0.25) is 5.91 Å². The third-order valence-electron chi connectivity index (χ3n) is 4.33. The number of nitrogens with one attached hydrogen (secondary N) is 1. The van der Waals surface area contributed by atoms with Crippen molar-refractivity contribution in [1.82, 2.24) is 14.8 Å². The SMILES string of the molecule is N#CCCN(C(=O)CSc1n[nH]c(=O)n1CCc1ccccc1)c1ccccc1. The van der Waals surface area contributed by atoms with E-state index in [4.69, 9.17) is 5.26 Å². The number of benzene rings is 2. The van der Waals surface area contributed by atoms with Crippen molar-refractivity contribution < 1.29 is 4.79 Å². The molecule has 7 nitrogen and oxygen atoms in total. The largest absolute Gasteiger partial charge is 0.343 e. The summed E-state index contributed by atoms with van der Waals surface area (Å²) in [5.74, 6) is -0.0165. The monoisotopic (exact) mass is 407 g/mol. The number of thioether (sulfide) groups is 1. The second kappa shape index (κ2) is 10.3. The summed E-state index contributed by atoms with van der Waals surface area (Å²) >= 11 is 1.21. The van der Waals surface area contributed by atoms with Gasteiger partial charge in [-0.2, -0.15) is 5.26 Å². The van der Waals surface area contributed by atoms with Gasteiger partial charge in [0.25, 0.3) is 0 Å². The molecule has 148 valence electrons. The second-order valence-corrected chi connectivity index (χ2v) is 7.22. The molecule has 3 rings (SSSR count). The van der Waals surface area contributed by atoms with Crippen molar-refractivity contribution in [3.05, 3.63) is 76.7 Å². The van der Waals surface area contributed by atoms with Crippen molar-refractivity contribution in [2.75, 3.05) is 17.2 Å². The molecule has 8 heteroatoms. The maximum atomic E-state index is 12.8. The van der Waals surface area contributed by atoms with Crippen LogP contribution in [-0.4, -0.2) is 33.0 Å². The fourth-order valence-corrected chi connectivity index (χ4v) is 3.72. The van der Waals surface area contributed by atoms with E-state index >= 15 is 0 Å². The molecule has 0 saturated carbocycles. The van der Waals surface area contributed by atoms with Crippen LogP contribution in [-0.2, 0) is 17.8 Å². The maximum Gasteiger partial charge on any atom is 0.343 e. The van der Waals surface area contributed by atoms with Gasteiger partial charge in [-0.1, -0.05) is 60.3 Å². The smallest absolute Gasteiger partial charge is 0.311 e. The molecule has 0 spiro atoms. The first kappa shape index (κ1) is 20.4. The number of carbonyl (C=O) groups is 1. The zero-order valence-corrected chi connectivity index (χ0v) is 16.6. The molecule has 1 N–H and O–H groups in total. The van der Waals surface area contributed by atoms with Gasteiger partial charge in [0.1, 0.15) is 0 Å². The molecule has 0 aliphatic heterocycles. The summed E-state index contributed by atoms with van der Waals surface area (Å²) in [6, 6.07) is 21.2. The fourth-order valence-electron chi connectivity index (χ4n) is 2.87. The molecule has 1 heterocycles. The number of anilines is 1. The number of para-hydroxylation sites is 1. The molecule has 0 atom stereocenters. The second-order valence-electron chi connectivity index (χ2n) is 6.28. The van der Waals surface area contributed by atoms with Gasteiger partial charge in [-0.15, -0.1) is 5.10 Å². The molecule has 0 saturated heterocycles. The fraction of sp³-hybridized carbons (Fsp3) is 0.238. The molecule has 1 aromatic heterocycles. The standard InChI is InChI=1S/C21H21N5O2S/c22-13-7-14-25(18-10-5-2-6-11-18)19(27)16-29-21-24-23-20(28)26(21)15-12-17-8-3-1-4-9-17/h1-6,8-11H,7,12,14-16H2,(H,23,28). The van der Waals surface area contributed by atoms with Gasteiger partial charge in [0.05, 0.1) is 18.2 Å². The molecule has 3 aromatic rings. The average molecular weight is 407 g/mol. The number of nitrogens with zero attached hydrogens (tertiary/aromatic N) is 4. The van der Waals surface area contributed by atoms with Crippen LogP contribution in [0.15, 0.2) is 70.6 Å². The molecular weight excluding hydrogens is 386 g/mol. The minimum Gasteiger partial charge on any atom is -0.311 e. The number of aryl methyl sites for hydroxylation is 1. The van der Waals surface area contributed by atoms with Crippen molar-refractivity contribution in [2.24, 2.45) is 0 Å². The first-order valence-electron chi connectivity index (χ1n) is 9.23. The summed E-state index contributed by atoms with van der Waals surface area (Å²) in [5.41, 5.74) is 1.58. The summed E-state index contributed by atoms with van der Waals surface area (Å²) in [6.07, 6.45) is 0.940. The number of aromatic amines is 1. The Kier molecular flexibility index (Phi) is 7.25. The van der Waals surface area contributed by atoms with Gasteiger partial charge in [-0.25, -0.2) is 9.89 Å². The van der Waals surface area contributed by atoms with Crippen LogP contribution in [0.3, 0.4) is 0 Å². The van der Waals surface area contributed by atoms with Crippen LogP contribution in [0.25, 0.3) is 0 Å². The van der Waals surface area contributed by atoms with Gasteiger partial charge >= 0.3 is 5.69 Å². The van der Waals surface area contributed by atoms with Gasteiger partial charge in [-0.05, 0) is 24.1 Å². The van der Waals surface area contributed by atoms with E-state index in [9.17, 15) is 9.59 Å². The lowest BCUT2D eigenvalue weighted by Gasteiger charge is -2.21. The molecule has 29 heavy (non-hydrogen) atoms. The van der Waals surface area contributed by atoms with E-state index in [1.807, 2.05) is 60.7 Å². The maximum absolute atomic E-state index is 12.8. The number of aromatic nitrogens is 3. The predicted octanol–water partition coefficient (Wildman–Crippen LogP) is 2.85. The molecule has 0 aliphatic rings. The predicted molar refractivity (Wildman–Crippen MR) is 113 cm³/mol. The van der Waals surface area contributed by atoms with Crippen molar-refractivity contribution in [2.45, 2.75) is 24.5 Å². The van der Waals surface area contributed by atoms with Crippen LogP contribution in [0, 0.1) is 11.3 Å². The van der Waals surface area contributed by atoms with Gasteiger partial charge in [-0.3, -0.25) is 9.36 Å². The van der Waals surface area contributed by atoms with E-state index in [1.54, 1.807) is 9.47 Å². The third kappa shape index (κ3) is 5.59. The molecular formula is C21H21N5O2S. The number of rotatable bonds is 9. The van der Waals surface area contributed by atoms with Crippen LogP contribution < -0.4 is 10.6 Å². The Hall–Kier alpha value is -3.31. The zero-order chi connectivity index (χ0) is 20.5. The van der Waals surface area contributed by atoms with E-state index in [1.165, 1.54) is 11.8 Å². The molecule has 2 aromatic carbocycles. The van der Waals surface area contributed by atoms with Crippen molar-refractivity contribution in [3.8, 4) is 6.07 Å². The van der Waals surface area contributed by atoms with E-state index in [0.717, 1.165) is 11.3 Å². The minimum absolute atomic E-state index is 0.121. The number of amides is 1. The normalized spacial score (nSPS) is 10.4. The Balaban J connectivity index is 1.66. The highest BCUT2D eigenvalue weighted by Gasteiger charge is 2.18.